The van der Waals surface area contributed by atoms with Crippen LogP contribution < -0.4 is 0 Å². The van der Waals surface area contributed by atoms with Gasteiger partial charge in [-0.25, -0.2) is 0 Å². The molecule has 1 aliphatic rings. The van der Waals surface area contributed by atoms with Crippen LogP contribution in [0, 0.1) is 6.92 Å². The summed E-state index contributed by atoms with van der Waals surface area (Å²) in [6.45, 7) is 6.52. The van der Waals surface area contributed by atoms with E-state index in [1.54, 1.807) is 6.07 Å². The summed E-state index contributed by atoms with van der Waals surface area (Å²) in [6, 6.07) is 17.4. The Balaban J connectivity index is 1.45. The molecule has 0 saturated carbocycles. The molecule has 3 aromatic carbocycles. The molecular weight excluding hydrogens is 502 g/mol. The number of rotatable bonds is 7. The summed E-state index contributed by atoms with van der Waals surface area (Å²) < 4.78 is 24.9. The molecule has 4 nitrogen and oxygen atoms in total. The van der Waals surface area contributed by atoms with Gasteiger partial charge in [0.15, 0.2) is 0 Å². The summed E-state index contributed by atoms with van der Waals surface area (Å²) in [6.07, 6.45) is 1.74. The zero-order valence-corrected chi connectivity index (χ0v) is 22.7. The summed E-state index contributed by atoms with van der Waals surface area (Å²) in [5, 5.41) is 11.2. The fraction of sp³-hybridized carbons (Fsp3) is 0.357. The maximum Gasteiger partial charge on any atom is 0.331 e. The third-order valence-corrected chi connectivity index (χ3v) is 8.94. The Bertz CT molecular complexity index is 1230. The number of phenols is 1. The van der Waals surface area contributed by atoms with Crippen LogP contribution in [0.5, 0.6) is 5.75 Å². The normalized spacial score (nSPS) is 20.3. The molecule has 186 valence electrons. The lowest BCUT2D eigenvalue weighted by atomic mass is 9.96. The molecule has 0 aromatic heterocycles. The summed E-state index contributed by atoms with van der Waals surface area (Å²) in [5.74, 6) is 0.503. The van der Waals surface area contributed by atoms with Crippen LogP contribution in [0.1, 0.15) is 65.7 Å². The van der Waals surface area contributed by atoms with Gasteiger partial charge in [0.05, 0.1) is 18.9 Å². The first-order chi connectivity index (χ1) is 16.6. The molecule has 2 atom stereocenters. The molecule has 0 aliphatic carbocycles. The minimum absolute atomic E-state index is 0.209. The zero-order valence-electron chi connectivity index (χ0n) is 20.3. The predicted octanol–water partition coefficient (Wildman–Crippen LogP) is 8.64. The Morgan fingerprint density at radius 1 is 1.06 bits per heavy atom. The molecule has 1 unspecified atom stereocenters. The Kier molecular flexibility index (Phi) is 8.30. The van der Waals surface area contributed by atoms with E-state index in [0.717, 1.165) is 33.4 Å². The second-order valence-electron chi connectivity index (χ2n) is 9.48. The van der Waals surface area contributed by atoms with E-state index < -0.39 is 7.60 Å². The zero-order chi connectivity index (χ0) is 25.2. The molecule has 1 heterocycles. The van der Waals surface area contributed by atoms with Crippen molar-refractivity contribution in [2.75, 3.05) is 12.8 Å². The van der Waals surface area contributed by atoms with Crippen LogP contribution in [0.3, 0.4) is 0 Å². The second kappa shape index (κ2) is 11.1. The molecule has 35 heavy (non-hydrogen) atoms. The van der Waals surface area contributed by atoms with E-state index >= 15 is 0 Å². The molecule has 1 saturated heterocycles. The van der Waals surface area contributed by atoms with Crippen LogP contribution in [0.4, 0.5) is 0 Å². The van der Waals surface area contributed by atoms with E-state index in [1.165, 1.54) is 0 Å². The molecule has 0 spiro atoms. The average molecular weight is 533 g/mol. The molecule has 0 amide bonds. The number of aromatic hydroxyl groups is 1. The monoisotopic (exact) mass is 532 g/mol. The standard InChI is InChI=1S/C28H31Cl2O4P/c1-18(2)23-14-20(7-8-27(23)31)15-24-25(29)16-21(17-26(24)30)10-12-35(32)33-11-9-28(34-35)22-6-4-5-19(3)13-22/h4-8,13-14,16-18,28,31H,9-12,15H2,1-3H3/t28-,35?/m0/s1. The van der Waals surface area contributed by atoms with Crippen LogP contribution in [0.25, 0.3) is 0 Å². The highest BCUT2D eigenvalue weighted by molar-refractivity contribution is 7.53. The minimum Gasteiger partial charge on any atom is -0.508 e. The molecule has 1 fully saturated rings. The fourth-order valence-electron chi connectivity index (χ4n) is 4.41. The van der Waals surface area contributed by atoms with Crippen molar-refractivity contribution in [1.82, 2.24) is 0 Å². The molecule has 7 heteroatoms. The molecule has 1 N–H and O–H groups in total. The Labute approximate surface area is 217 Å². The highest BCUT2D eigenvalue weighted by Crippen LogP contribution is 2.56. The van der Waals surface area contributed by atoms with Gasteiger partial charge in [0.2, 0.25) is 0 Å². The van der Waals surface area contributed by atoms with Gasteiger partial charge in [0.25, 0.3) is 0 Å². The Morgan fingerprint density at radius 3 is 2.49 bits per heavy atom. The van der Waals surface area contributed by atoms with Crippen LogP contribution in [-0.2, 0) is 26.5 Å². The number of phenolic OH excluding ortho intramolecular Hbond substituents is 1. The highest BCUT2D eigenvalue weighted by atomic mass is 35.5. The Hall–Kier alpha value is -1.81. The van der Waals surface area contributed by atoms with Gasteiger partial charge in [0.1, 0.15) is 5.75 Å². The molecule has 0 bridgehead atoms. The SMILES string of the molecule is Cc1cccc([C@@H]2CCOP(=O)(CCc3cc(Cl)c(Cc4ccc(O)c(C(C)C)c4)c(Cl)c3)O2)c1. The smallest absolute Gasteiger partial charge is 0.331 e. The predicted molar refractivity (Wildman–Crippen MR) is 143 cm³/mol. The highest BCUT2D eigenvalue weighted by Gasteiger charge is 2.34. The van der Waals surface area contributed by atoms with Gasteiger partial charge in [-0.2, -0.15) is 0 Å². The van der Waals surface area contributed by atoms with Crippen LogP contribution in [-0.4, -0.2) is 17.9 Å². The molecular formula is C28H31Cl2O4P. The summed E-state index contributed by atoms with van der Waals surface area (Å²) in [4.78, 5) is 0. The van der Waals surface area contributed by atoms with Gasteiger partial charge in [-0.05, 0) is 65.3 Å². The lowest BCUT2D eigenvalue weighted by Crippen LogP contribution is -2.16. The van der Waals surface area contributed by atoms with E-state index in [1.807, 2.05) is 63.2 Å². The van der Waals surface area contributed by atoms with Crippen LogP contribution >= 0.6 is 30.8 Å². The van der Waals surface area contributed by atoms with E-state index in [4.69, 9.17) is 32.2 Å². The van der Waals surface area contributed by atoms with Crippen molar-refractivity contribution in [2.24, 2.45) is 0 Å². The largest absolute Gasteiger partial charge is 0.508 e. The lowest BCUT2D eigenvalue weighted by molar-refractivity contribution is 0.0814. The first-order valence-corrected chi connectivity index (χ1v) is 14.4. The van der Waals surface area contributed by atoms with Crippen LogP contribution in [0.2, 0.25) is 10.0 Å². The molecule has 4 rings (SSSR count). The van der Waals surface area contributed by atoms with Crippen molar-refractivity contribution in [3.8, 4) is 5.75 Å². The number of hydrogen-bond donors (Lipinski definition) is 1. The van der Waals surface area contributed by atoms with Crippen molar-refractivity contribution < 1.29 is 18.7 Å². The van der Waals surface area contributed by atoms with E-state index in [0.29, 0.717) is 41.7 Å². The van der Waals surface area contributed by atoms with Gasteiger partial charge in [-0.1, -0.05) is 79.0 Å². The maximum atomic E-state index is 13.3. The number of hydrogen-bond acceptors (Lipinski definition) is 4. The average Bonchev–Trinajstić information content (AvgIpc) is 2.81. The third-order valence-electron chi connectivity index (χ3n) is 6.34. The number of benzene rings is 3. The first kappa shape index (κ1) is 26.3. The van der Waals surface area contributed by atoms with Crippen LogP contribution in [0.15, 0.2) is 54.6 Å². The van der Waals surface area contributed by atoms with E-state index in [-0.39, 0.29) is 18.2 Å². The van der Waals surface area contributed by atoms with Gasteiger partial charge in [0, 0.05) is 22.9 Å². The van der Waals surface area contributed by atoms with Crippen molar-refractivity contribution in [3.63, 3.8) is 0 Å². The van der Waals surface area contributed by atoms with Crippen molar-refractivity contribution in [2.45, 2.75) is 52.1 Å². The van der Waals surface area contributed by atoms with Crippen molar-refractivity contribution in [1.29, 1.82) is 0 Å². The topological polar surface area (TPSA) is 55.8 Å². The Morgan fingerprint density at radius 2 is 1.80 bits per heavy atom. The number of aryl methyl sites for hydroxylation is 2. The first-order valence-electron chi connectivity index (χ1n) is 11.9. The maximum absolute atomic E-state index is 13.3. The molecule has 0 radical (unpaired) electrons. The quantitative estimate of drug-likeness (QED) is 0.309. The summed E-state index contributed by atoms with van der Waals surface area (Å²) >= 11 is 13.3. The third kappa shape index (κ3) is 6.50. The van der Waals surface area contributed by atoms with Gasteiger partial charge in [-0.3, -0.25) is 4.57 Å². The second-order valence-corrected chi connectivity index (χ2v) is 12.4. The number of halogens is 2. The summed E-state index contributed by atoms with van der Waals surface area (Å²) in [5.41, 5.74) is 5.81. The lowest BCUT2D eigenvalue weighted by Gasteiger charge is -2.30. The van der Waals surface area contributed by atoms with Gasteiger partial charge >= 0.3 is 7.60 Å². The minimum atomic E-state index is -3.24. The van der Waals surface area contributed by atoms with Gasteiger partial charge in [-0.15, -0.1) is 0 Å². The summed E-state index contributed by atoms with van der Waals surface area (Å²) in [7, 11) is -3.24. The fourth-order valence-corrected chi connectivity index (χ4v) is 6.90. The van der Waals surface area contributed by atoms with E-state index in [9.17, 15) is 9.67 Å². The van der Waals surface area contributed by atoms with Crippen molar-refractivity contribution in [3.05, 3.63) is 98.0 Å². The molecule has 1 aliphatic heterocycles. The van der Waals surface area contributed by atoms with Gasteiger partial charge < -0.3 is 14.2 Å². The molecule has 3 aromatic rings. The van der Waals surface area contributed by atoms with Crippen molar-refractivity contribution >= 4 is 30.8 Å². The van der Waals surface area contributed by atoms with E-state index in [2.05, 4.69) is 6.07 Å².